The lowest BCUT2D eigenvalue weighted by molar-refractivity contribution is 0.0474. The number of hydrogen-bond acceptors (Lipinski definition) is 3. The van der Waals surface area contributed by atoms with E-state index in [9.17, 15) is 9.90 Å². The Kier molecular flexibility index (Phi) is 5.39. The summed E-state index contributed by atoms with van der Waals surface area (Å²) in [4.78, 5) is 14.4. The van der Waals surface area contributed by atoms with Crippen LogP contribution in [0.2, 0.25) is 0 Å². The molecule has 4 heteroatoms. The van der Waals surface area contributed by atoms with Gasteiger partial charge in [-0.3, -0.25) is 4.79 Å². The van der Waals surface area contributed by atoms with Crippen LogP contribution < -0.4 is 5.32 Å². The zero-order valence-electron chi connectivity index (χ0n) is 15.0. The predicted octanol–water partition coefficient (Wildman–Crippen LogP) is 3.51. The first kappa shape index (κ1) is 17.5. The van der Waals surface area contributed by atoms with Crippen LogP contribution in [0.4, 0.5) is 5.69 Å². The van der Waals surface area contributed by atoms with E-state index < -0.39 is 6.10 Å². The third kappa shape index (κ3) is 4.20. The fourth-order valence-electron chi connectivity index (χ4n) is 3.28. The van der Waals surface area contributed by atoms with E-state index in [4.69, 9.17) is 0 Å². The molecular weight excluding hydrogens is 312 g/mol. The number of hydrogen-bond donors (Lipinski definition) is 2. The van der Waals surface area contributed by atoms with E-state index in [1.165, 1.54) is 16.7 Å². The molecule has 1 heterocycles. The lowest BCUT2D eigenvalue weighted by Gasteiger charge is -2.30. The quantitative estimate of drug-likeness (QED) is 0.897. The number of nitrogens with zero attached hydrogens (tertiary/aromatic N) is 1. The minimum absolute atomic E-state index is 0.00543. The van der Waals surface area contributed by atoms with Gasteiger partial charge in [-0.15, -0.1) is 0 Å². The molecular formula is C21H26N2O2. The summed E-state index contributed by atoms with van der Waals surface area (Å²) in [7, 11) is 0. The summed E-state index contributed by atoms with van der Waals surface area (Å²) in [6.45, 7) is 6.13. The molecule has 3 rings (SSSR count). The van der Waals surface area contributed by atoms with Crippen LogP contribution in [0.15, 0.2) is 42.5 Å². The molecule has 1 saturated heterocycles. The van der Waals surface area contributed by atoms with Gasteiger partial charge in [0, 0.05) is 30.9 Å². The summed E-state index contributed by atoms with van der Waals surface area (Å²) in [6.07, 6.45) is 1.24. The Morgan fingerprint density at radius 1 is 1.24 bits per heavy atom. The maximum absolute atomic E-state index is 12.7. The molecule has 1 fully saturated rings. The molecule has 0 aromatic heterocycles. The summed E-state index contributed by atoms with van der Waals surface area (Å²) in [5.74, 6) is -0.00543. The second-order valence-electron chi connectivity index (χ2n) is 6.84. The van der Waals surface area contributed by atoms with Crippen LogP contribution >= 0.6 is 0 Å². The summed E-state index contributed by atoms with van der Waals surface area (Å²) < 4.78 is 0. The summed E-state index contributed by atoms with van der Waals surface area (Å²) in [5, 5.41) is 13.2. The number of nitrogens with one attached hydrogen (secondary N) is 1. The van der Waals surface area contributed by atoms with Crippen molar-refractivity contribution in [1.29, 1.82) is 0 Å². The zero-order valence-corrected chi connectivity index (χ0v) is 15.0. The number of aliphatic hydroxyl groups is 1. The van der Waals surface area contributed by atoms with Crippen molar-refractivity contribution < 1.29 is 9.90 Å². The van der Waals surface area contributed by atoms with E-state index in [-0.39, 0.29) is 5.91 Å². The first-order valence-electron chi connectivity index (χ1n) is 8.91. The van der Waals surface area contributed by atoms with Crippen molar-refractivity contribution in [2.75, 3.05) is 18.4 Å². The second-order valence-corrected chi connectivity index (χ2v) is 6.84. The average molecular weight is 338 g/mol. The smallest absolute Gasteiger partial charge is 0.254 e. The largest absolute Gasteiger partial charge is 0.391 e. The highest BCUT2D eigenvalue weighted by molar-refractivity contribution is 5.95. The Balaban J connectivity index is 1.69. The van der Waals surface area contributed by atoms with Gasteiger partial charge in [0.05, 0.1) is 6.10 Å². The van der Waals surface area contributed by atoms with Crippen molar-refractivity contribution >= 4 is 11.6 Å². The van der Waals surface area contributed by atoms with Crippen molar-refractivity contribution in [2.24, 2.45) is 0 Å². The Morgan fingerprint density at radius 3 is 2.84 bits per heavy atom. The molecule has 0 saturated carbocycles. The number of piperidine rings is 1. The standard InChI is InChI=1S/C21H26N2O2/c1-15-6-3-8-18(16(15)2)13-22-19-9-4-7-17(12-19)21(25)23-11-5-10-20(24)14-23/h3-4,6-9,12,20,22,24H,5,10-11,13-14H2,1-2H3. The molecule has 132 valence electrons. The number of aliphatic hydroxyl groups excluding tert-OH is 1. The SMILES string of the molecule is Cc1cccc(CNc2cccc(C(=O)N3CCCC(O)C3)c2)c1C. The highest BCUT2D eigenvalue weighted by Gasteiger charge is 2.23. The van der Waals surface area contributed by atoms with Gasteiger partial charge in [-0.25, -0.2) is 0 Å². The lowest BCUT2D eigenvalue weighted by atomic mass is 10.0. The Hall–Kier alpha value is -2.33. The molecule has 0 radical (unpaired) electrons. The minimum Gasteiger partial charge on any atom is -0.391 e. The van der Waals surface area contributed by atoms with Crippen molar-refractivity contribution in [3.05, 3.63) is 64.7 Å². The molecule has 0 aliphatic carbocycles. The lowest BCUT2D eigenvalue weighted by Crippen LogP contribution is -2.42. The zero-order chi connectivity index (χ0) is 17.8. The highest BCUT2D eigenvalue weighted by Crippen LogP contribution is 2.19. The van der Waals surface area contributed by atoms with Gasteiger partial charge in [0.15, 0.2) is 0 Å². The van der Waals surface area contributed by atoms with Crippen LogP contribution in [0.5, 0.6) is 0 Å². The minimum atomic E-state index is -0.400. The van der Waals surface area contributed by atoms with E-state index >= 15 is 0 Å². The van der Waals surface area contributed by atoms with Crippen molar-refractivity contribution in [2.45, 2.75) is 39.3 Å². The molecule has 1 aliphatic rings. The van der Waals surface area contributed by atoms with Gasteiger partial charge in [0.1, 0.15) is 0 Å². The monoisotopic (exact) mass is 338 g/mol. The number of amides is 1. The molecule has 2 aromatic rings. The average Bonchev–Trinajstić information content (AvgIpc) is 2.62. The summed E-state index contributed by atoms with van der Waals surface area (Å²) in [5.41, 5.74) is 5.44. The molecule has 2 N–H and O–H groups in total. The van der Waals surface area contributed by atoms with Gasteiger partial charge in [-0.1, -0.05) is 24.3 Å². The number of benzene rings is 2. The number of carbonyl (C=O) groups excluding carboxylic acids is 1. The van der Waals surface area contributed by atoms with Crippen molar-refractivity contribution in [3.8, 4) is 0 Å². The second kappa shape index (κ2) is 7.70. The Morgan fingerprint density at radius 2 is 2.04 bits per heavy atom. The van der Waals surface area contributed by atoms with E-state index in [0.717, 1.165) is 31.6 Å². The fourth-order valence-corrected chi connectivity index (χ4v) is 3.28. The van der Waals surface area contributed by atoms with Crippen LogP contribution in [0.3, 0.4) is 0 Å². The predicted molar refractivity (Wildman–Crippen MR) is 101 cm³/mol. The van der Waals surface area contributed by atoms with E-state index in [1.807, 2.05) is 24.3 Å². The number of carbonyl (C=O) groups is 1. The Bertz CT molecular complexity index is 757. The van der Waals surface area contributed by atoms with Gasteiger partial charge in [-0.05, 0) is 61.6 Å². The number of likely N-dealkylation sites (tertiary alicyclic amines) is 1. The van der Waals surface area contributed by atoms with Gasteiger partial charge < -0.3 is 15.3 Å². The maximum atomic E-state index is 12.7. The van der Waals surface area contributed by atoms with Crippen LogP contribution in [0.1, 0.15) is 39.9 Å². The first-order chi connectivity index (χ1) is 12.0. The number of β-amino-alcohol motifs (C(OH)–C–C–N with tert-alkyl or cyclic N) is 1. The summed E-state index contributed by atoms with van der Waals surface area (Å²) >= 11 is 0. The number of aryl methyl sites for hydroxylation is 1. The van der Waals surface area contributed by atoms with Gasteiger partial charge in [0.2, 0.25) is 0 Å². The van der Waals surface area contributed by atoms with E-state index in [0.29, 0.717) is 12.1 Å². The molecule has 25 heavy (non-hydrogen) atoms. The van der Waals surface area contributed by atoms with Crippen LogP contribution in [-0.4, -0.2) is 35.1 Å². The maximum Gasteiger partial charge on any atom is 0.254 e. The van der Waals surface area contributed by atoms with Crippen LogP contribution in [-0.2, 0) is 6.54 Å². The van der Waals surface area contributed by atoms with Crippen molar-refractivity contribution in [3.63, 3.8) is 0 Å². The topological polar surface area (TPSA) is 52.6 Å². The molecule has 2 aromatic carbocycles. The molecule has 1 atom stereocenters. The van der Waals surface area contributed by atoms with Gasteiger partial charge >= 0.3 is 0 Å². The molecule has 1 unspecified atom stereocenters. The number of rotatable bonds is 4. The normalized spacial score (nSPS) is 17.4. The Labute approximate surface area is 149 Å². The van der Waals surface area contributed by atoms with Crippen LogP contribution in [0, 0.1) is 13.8 Å². The van der Waals surface area contributed by atoms with Crippen molar-refractivity contribution in [1.82, 2.24) is 4.90 Å². The molecule has 1 aliphatic heterocycles. The summed E-state index contributed by atoms with van der Waals surface area (Å²) in [6, 6.07) is 13.9. The molecule has 1 amide bonds. The molecule has 0 bridgehead atoms. The molecule has 0 spiro atoms. The van der Waals surface area contributed by atoms with Gasteiger partial charge in [0.25, 0.3) is 5.91 Å². The number of anilines is 1. The highest BCUT2D eigenvalue weighted by atomic mass is 16.3. The van der Waals surface area contributed by atoms with Crippen LogP contribution in [0.25, 0.3) is 0 Å². The third-order valence-corrected chi connectivity index (χ3v) is 4.99. The van der Waals surface area contributed by atoms with Gasteiger partial charge in [-0.2, -0.15) is 0 Å². The van der Waals surface area contributed by atoms with E-state index in [1.54, 1.807) is 4.90 Å². The molecule has 4 nitrogen and oxygen atoms in total. The third-order valence-electron chi connectivity index (χ3n) is 4.99. The van der Waals surface area contributed by atoms with E-state index in [2.05, 4.69) is 37.4 Å². The fraction of sp³-hybridized carbons (Fsp3) is 0.381. The first-order valence-corrected chi connectivity index (χ1v) is 8.91.